The minimum absolute atomic E-state index is 0.0913. The normalized spacial score (nSPS) is 16.4. The number of nitrogens with one attached hydrogen (secondary N) is 1. The van der Waals surface area contributed by atoms with Gasteiger partial charge in [-0.3, -0.25) is 19.5 Å². The molecule has 200 valence electrons. The van der Waals surface area contributed by atoms with E-state index in [1.54, 1.807) is 36.4 Å². The van der Waals surface area contributed by atoms with Crippen molar-refractivity contribution in [1.82, 2.24) is 25.1 Å². The van der Waals surface area contributed by atoms with Crippen molar-refractivity contribution in [3.05, 3.63) is 77.3 Å². The van der Waals surface area contributed by atoms with Gasteiger partial charge >= 0.3 is 0 Å². The highest BCUT2D eigenvalue weighted by Crippen LogP contribution is 2.25. The van der Waals surface area contributed by atoms with Crippen molar-refractivity contribution in [3.63, 3.8) is 0 Å². The van der Waals surface area contributed by atoms with Crippen molar-refractivity contribution in [1.29, 1.82) is 0 Å². The molecule has 1 fully saturated rings. The molecule has 10 nitrogen and oxygen atoms in total. The van der Waals surface area contributed by atoms with Crippen molar-refractivity contribution in [2.75, 3.05) is 32.7 Å². The molecule has 1 aromatic carbocycles. The van der Waals surface area contributed by atoms with E-state index in [9.17, 15) is 14.7 Å². The van der Waals surface area contributed by atoms with E-state index in [1.807, 2.05) is 6.07 Å². The lowest BCUT2D eigenvalue weighted by atomic mass is 9.94. The highest BCUT2D eigenvalue weighted by molar-refractivity contribution is 5.94. The molecule has 0 aliphatic carbocycles. The molecule has 4 heterocycles. The number of β-amino-alcohol motifs (C(OH)–C–C–N with tert-alkyl or cyclic N) is 1. The third kappa shape index (κ3) is 6.56. The molecular weight excluding hydrogens is 486 g/mol. The molecule has 0 saturated carbocycles. The largest absolute Gasteiger partial charge is 0.486 e. The van der Waals surface area contributed by atoms with Crippen LogP contribution in [-0.4, -0.2) is 75.5 Å². The van der Waals surface area contributed by atoms with E-state index in [0.717, 1.165) is 50.5 Å². The first-order valence-corrected chi connectivity index (χ1v) is 12.9. The fourth-order valence-corrected chi connectivity index (χ4v) is 4.96. The number of amides is 2. The lowest BCUT2D eigenvalue weighted by molar-refractivity contribution is -0.134. The molecule has 2 aliphatic heterocycles. The van der Waals surface area contributed by atoms with Gasteiger partial charge in [-0.15, -0.1) is 0 Å². The Hall–Kier alpha value is -3.76. The van der Waals surface area contributed by atoms with Gasteiger partial charge in [-0.1, -0.05) is 6.07 Å². The summed E-state index contributed by atoms with van der Waals surface area (Å²) in [4.78, 5) is 36.3. The van der Waals surface area contributed by atoms with Gasteiger partial charge in [0.2, 0.25) is 5.91 Å². The van der Waals surface area contributed by atoms with Crippen LogP contribution < -0.4 is 10.1 Å². The number of aromatic nitrogens is 2. The van der Waals surface area contributed by atoms with Crippen LogP contribution in [0, 0.1) is 5.92 Å². The molecule has 5 rings (SSSR count). The summed E-state index contributed by atoms with van der Waals surface area (Å²) >= 11 is 0. The van der Waals surface area contributed by atoms with Gasteiger partial charge < -0.3 is 24.5 Å². The number of carbonyl (C=O) groups excluding carboxylic acids is 2. The maximum Gasteiger partial charge on any atom is 0.251 e. The first-order valence-electron chi connectivity index (χ1n) is 12.9. The van der Waals surface area contributed by atoms with E-state index in [2.05, 4.69) is 32.3 Å². The fourth-order valence-electron chi connectivity index (χ4n) is 4.96. The van der Waals surface area contributed by atoms with Crippen LogP contribution in [0.2, 0.25) is 0 Å². The molecule has 2 aromatic heterocycles. The molecule has 0 spiro atoms. The fraction of sp³-hybridized carbons (Fsp3) is 0.429. The van der Waals surface area contributed by atoms with Gasteiger partial charge in [-0.05, 0) is 54.2 Å². The number of carbonyl (C=O) groups is 2. The summed E-state index contributed by atoms with van der Waals surface area (Å²) in [5.74, 6) is 1.71. The van der Waals surface area contributed by atoms with E-state index in [0.29, 0.717) is 30.4 Å². The van der Waals surface area contributed by atoms with Crippen LogP contribution >= 0.6 is 0 Å². The molecular formula is C28H33N5O5. The number of benzene rings is 1. The van der Waals surface area contributed by atoms with Crippen molar-refractivity contribution in [2.45, 2.75) is 39.0 Å². The Morgan fingerprint density at radius 1 is 1.24 bits per heavy atom. The van der Waals surface area contributed by atoms with Crippen molar-refractivity contribution in [3.8, 4) is 5.75 Å². The topological polar surface area (TPSA) is 121 Å². The summed E-state index contributed by atoms with van der Waals surface area (Å²) in [7, 11) is 0. The van der Waals surface area contributed by atoms with Gasteiger partial charge in [0.25, 0.3) is 5.91 Å². The third-order valence-corrected chi connectivity index (χ3v) is 7.08. The van der Waals surface area contributed by atoms with Gasteiger partial charge in [0.1, 0.15) is 12.4 Å². The highest BCUT2D eigenvalue weighted by Gasteiger charge is 2.29. The maximum absolute atomic E-state index is 12.7. The average Bonchev–Trinajstić information content (AvgIpc) is 3.41. The third-order valence-electron chi connectivity index (χ3n) is 7.08. The monoisotopic (exact) mass is 519 g/mol. The number of pyridine rings is 1. The molecule has 1 atom stereocenters. The Morgan fingerprint density at radius 2 is 2.11 bits per heavy atom. The van der Waals surface area contributed by atoms with Crippen molar-refractivity contribution < 1.29 is 23.8 Å². The average molecular weight is 520 g/mol. The van der Waals surface area contributed by atoms with Crippen molar-refractivity contribution >= 4 is 11.8 Å². The molecule has 2 aliphatic rings. The van der Waals surface area contributed by atoms with E-state index in [4.69, 9.17) is 9.15 Å². The minimum atomic E-state index is -0.682. The second-order valence-corrected chi connectivity index (χ2v) is 10.1. The summed E-state index contributed by atoms with van der Waals surface area (Å²) in [6.45, 7) is 5.58. The molecule has 10 heteroatoms. The first-order chi connectivity index (χ1) is 18.4. The number of hydrogen-bond donors (Lipinski definition) is 2. The molecule has 0 radical (unpaired) electrons. The Kier molecular flexibility index (Phi) is 8.00. The van der Waals surface area contributed by atoms with Gasteiger partial charge in [0.05, 0.1) is 12.3 Å². The summed E-state index contributed by atoms with van der Waals surface area (Å²) < 4.78 is 11.0. The number of aliphatic hydroxyl groups is 1. The van der Waals surface area contributed by atoms with Crippen LogP contribution in [0.5, 0.6) is 5.75 Å². The number of nitrogens with zero attached hydrogens (tertiary/aromatic N) is 4. The zero-order valence-electron chi connectivity index (χ0n) is 21.5. The van der Waals surface area contributed by atoms with E-state index in [1.165, 1.54) is 17.5 Å². The predicted octanol–water partition coefficient (Wildman–Crippen LogP) is 1.82. The van der Waals surface area contributed by atoms with Crippen LogP contribution in [0.1, 0.15) is 39.9 Å². The van der Waals surface area contributed by atoms with Crippen LogP contribution in [0.4, 0.5) is 0 Å². The molecule has 38 heavy (non-hydrogen) atoms. The molecule has 0 bridgehead atoms. The lowest BCUT2D eigenvalue weighted by Gasteiger charge is -2.38. The van der Waals surface area contributed by atoms with Crippen LogP contribution in [0.25, 0.3) is 0 Å². The second-order valence-electron chi connectivity index (χ2n) is 10.1. The van der Waals surface area contributed by atoms with E-state index < -0.39 is 6.10 Å². The van der Waals surface area contributed by atoms with Gasteiger partial charge in [0.15, 0.2) is 12.2 Å². The molecule has 0 unspecified atom stereocenters. The molecule has 1 saturated heterocycles. The molecule has 2 N–H and O–H groups in total. The Labute approximate surface area is 221 Å². The van der Waals surface area contributed by atoms with Crippen LogP contribution in [0.3, 0.4) is 0 Å². The molecule has 2 amide bonds. The quantitative estimate of drug-likeness (QED) is 0.416. The van der Waals surface area contributed by atoms with Gasteiger partial charge in [0, 0.05) is 63.6 Å². The second kappa shape index (κ2) is 11.7. The Morgan fingerprint density at radius 3 is 2.89 bits per heavy atom. The summed E-state index contributed by atoms with van der Waals surface area (Å²) in [5, 5.41) is 13.4. The summed E-state index contributed by atoms with van der Waals surface area (Å²) in [5.41, 5.74) is 3.81. The maximum atomic E-state index is 12.7. The smallest absolute Gasteiger partial charge is 0.251 e. The predicted molar refractivity (Wildman–Crippen MR) is 138 cm³/mol. The summed E-state index contributed by atoms with van der Waals surface area (Å²) in [6.07, 6.45) is 5.57. The number of fused-ring (bicyclic) bond motifs is 1. The minimum Gasteiger partial charge on any atom is -0.486 e. The number of likely N-dealkylation sites (tertiary alicyclic amines) is 1. The highest BCUT2D eigenvalue weighted by atomic mass is 16.5. The van der Waals surface area contributed by atoms with Crippen molar-refractivity contribution in [2.24, 2.45) is 5.92 Å². The number of oxazole rings is 1. The Balaban J connectivity index is 1.05. The number of hydrogen-bond acceptors (Lipinski definition) is 8. The lowest BCUT2D eigenvalue weighted by Crippen LogP contribution is -2.49. The first kappa shape index (κ1) is 25.9. The standard InChI is InChI=1S/C28H33N5O5/c1-19(34)33-13-20(14-33)8-24-9-22(4-6-30-24)28(36)31-11-25(35)16-32-7-5-21-10-26(3-2-23(21)15-32)37-17-27-12-29-18-38-27/h2-4,6,9-10,12,18,20,25,35H,5,7-8,11,13-17H2,1H3,(H,31,36)/t25-/m0/s1. The SMILES string of the molecule is CC(=O)N1CC(Cc2cc(C(=O)NC[C@H](O)CN3CCc4cc(OCc5cnco5)ccc4C3)ccn2)C1. The zero-order chi connectivity index (χ0) is 26.5. The number of ether oxygens (including phenoxy) is 1. The van der Waals surface area contributed by atoms with E-state index in [-0.39, 0.29) is 18.4 Å². The Bertz CT molecular complexity index is 1260. The number of rotatable bonds is 10. The summed E-state index contributed by atoms with van der Waals surface area (Å²) in [6, 6.07) is 9.55. The number of aliphatic hydroxyl groups excluding tert-OH is 1. The van der Waals surface area contributed by atoms with Gasteiger partial charge in [-0.25, -0.2) is 4.98 Å². The molecule has 3 aromatic rings. The van der Waals surface area contributed by atoms with E-state index >= 15 is 0 Å². The zero-order valence-corrected chi connectivity index (χ0v) is 21.5. The van der Waals surface area contributed by atoms with Crippen LogP contribution in [0.15, 0.2) is 53.5 Å². The van der Waals surface area contributed by atoms with Crippen LogP contribution in [-0.2, 0) is 30.8 Å². The van der Waals surface area contributed by atoms with Gasteiger partial charge in [-0.2, -0.15) is 0 Å².